The third kappa shape index (κ3) is 4.19. The fraction of sp³-hybridized carbons (Fsp3) is 0.308. The van der Waals surface area contributed by atoms with Gasteiger partial charge in [0.25, 0.3) is 0 Å². The van der Waals surface area contributed by atoms with Crippen LogP contribution in [0.2, 0.25) is 0 Å². The van der Waals surface area contributed by atoms with E-state index in [-0.39, 0.29) is 12.4 Å². The van der Waals surface area contributed by atoms with Gasteiger partial charge < -0.3 is 5.32 Å². The largest absolute Gasteiger partial charge is 0.416 e. The summed E-state index contributed by atoms with van der Waals surface area (Å²) in [7, 11) is 1.87. The Kier molecular flexibility index (Phi) is 5.98. The van der Waals surface area contributed by atoms with Gasteiger partial charge in [0, 0.05) is 23.9 Å². The van der Waals surface area contributed by atoms with Crippen molar-refractivity contribution in [1.82, 2.24) is 10.3 Å². The van der Waals surface area contributed by atoms with E-state index in [9.17, 15) is 13.2 Å². The number of nitrogens with zero attached hydrogens (tertiary/aromatic N) is 1. The summed E-state index contributed by atoms with van der Waals surface area (Å²) >= 11 is 1.52. The summed E-state index contributed by atoms with van der Waals surface area (Å²) < 4.78 is 37.3. The molecule has 0 saturated heterocycles. The van der Waals surface area contributed by atoms with E-state index >= 15 is 0 Å². The number of rotatable bonds is 4. The maximum absolute atomic E-state index is 12.4. The first-order chi connectivity index (χ1) is 9.00. The molecule has 110 valence electrons. The van der Waals surface area contributed by atoms with Gasteiger partial charge in [0.2, 0.25) is 0 Å². The van der Waals surface area contributed by atoms with Crippen molar-refractivity contribution < 1.29 is 13.2 Å². The van der Waals surface area contributed by atoms with E-state index in [1.165, 1.54) is 23.5 Å². The van der Waals surface area contributed by atoms with E-state index in [2.05, 4.69) is 10.3 Å². The van der Waals surface area contributed by atoms with E-state index in [4.69, 9.17) is 0 Å². The van der Waals surface area contributed by atoms with Crippen LogP contribution in [-0.4, -0.2) is 18.6 Å². The average Bonchev–Trinajstić information content (AvgIpc) is 2.84. The number of hydrogen-bond donors (Lipinski definition) is 1. The molecule has 2 rings (SSSR count). The number of thiazole rings is 1. The Balaban J connectivity index is 0.00000200. The second-order valence-electron chi connectivity index (χ2n) is 4.06. The highest BCUT2D eigenvalue weighted by molar-refractivity contribution is 7.09. The first-order valence-corrected chi connectivity index (χ1v) is 6.65. The van der Waals surface area contributed by atoms with Gasteiger partial charge in [-0.2, -0.15) is 13.2 Å². The summed E-state index contributed by atoms with van der Waals surface area (Å²) in [5.41, 5.74) is 0.798. The average molecular weight is 323 g/mol. The SMILES string of the molecule is CNCCc1nc(-c2ccc(C(F)(F)F)cc2)cs1.Cl. The molecule has 0 fully saturated rings. The Labute approximate surface area is 125 Å². The third-order valence-electron chi connectivity index (χ3n) is 2.65. The van der Waals surface area contributed by atoms with Crippen LogP contribution in [0.3, 0.4) is 0 Å². The van der Waals surface area contributed by atoms with Crippen LogP contribution in [0.25, 0.3) is 11.3 Å². The number of likely N-dealkylation sites (N-methyl/N-ethyl adjacent to an activating group) is 1. The lowest BCUT2D eigenvalue weighted by Crippen LogP contribution is -2.09. The lowest BCUT2D eigenvalue weighted by atomic mass is 10.1. The van der Waals surface area contributed by atoms with Crippen LogP contribution in [-0.2, 0) is 12.6 Å². The van der Waals surface area contributed by atoms with Crippen LogP contribution in [0.5, 0.6) is 0 Å². The minimum atomic E-state index is -4.29. The molecule has 0 aliphatic rings. The van der Waals surface area contributed by atoms with Crippen LogP contribution in [0.15, 0.2) is 29.6 Å². The maximum atomic E-state index is 12.4. The van der Waals surface area contributed by atoms with Crippen molar-refractivity contribution in [3.8, 4) is 11.3 Å². The molecule has 1 N–H and O–H groups in total. The molecule has 1 heterocycles. The summed E-state index contributed by atoms with van der Waals surface area (Å²) in [6.45, 7) is 0.833. The van der Waals surface area contributed by atoms with Crippen molar-refractivity contribution in [2.24, 2.45) is 0 Å². The molecule has 0 atom stereocenters. The molecular formula is C13H14ClF3N2S. The number of hydrogen-bond acceptors (Lipinski definition) is 3. The minimum Gasteiger partial charge on any atom is -0.319 e. The molecule has 20 heavy (non-hydrogen) atoms. The van der Waals surface area contributed by atoms with Gasteiger partial charge in [-0.1, -0.05) is 12.1 Å². The Morgan fingerprint density at radius 3 is 2.40 bits per heavy atom. The van der Waals surface area contributed by atoms with Gasteiger partial charge in [-0.25, -0.2) is 4.98 Å². The predicted molar refractivity (Wildman–Crippen MR) is 77.4 cm³/mol. The maximum Gasteiger partial charge on any atom is 0.416 e. The summed E-state index contributed by atoms with van der Waals surface area (Å²) in [6, 6.07) is 5.09. The molecule has 0 unspecified atom stereocenters. The van der Waals surface area contributed by atoms with Crippen LogP contribution < -0.4 is 5.32 Å². The molecule has 0 amide bonds. The number of nitrogens with one attached hydrogen (secondary N) is 1. The smallest absolute Gasteiger partial charge is 0.319 e. The molecule has 1 aromatic carbocycles. The second-order valence-corrected chi connectivity index (χ2v) is 5.00. The first kappa shape index (κ1) is 16.9. The Morgan fingerprint density at radius 2 is 1.85 bits per heavy atom. The van der Waals surface area contributed by atoms with Crippen molar-refractivity contribution in [2.75, 3.05) is 13.6 Å². The van der Waals surface area contributed by atoms with Gasteiger partial charge in [-0.15, -0.1) is 23.7 Å². The number of alkyl halides is 3. The Hall–Kier alpha value is -1.11. The highest BCUT2D eigenvalue weighted by Gasteiger charge is 2.30. The van der Waals surface area contributed by atoms with Gasteiger partial charge in [-0.3, -0.25) is 0 Å². The van der Waals surface area contributed by atoms with Crippen molar-refractivity contribution in [3.05, 3.63) is 40.2 Å². The van der Waals surface area contributed by atoms with Gasteiger partial charge in [-0.05, 0) is 19.2 Å². The Morgan fingerprint density at radius 1 is 1.20 bits per heavy atom. The van der Waals surface area contributed by atoms with Crippen LogP contribution >= 0.6 is 23.7 Å². The van der Waals surface area contributed by atoms with Gasteiger partial charge in [0.15, 0.2) is 0 Å². The lowest BCUT2D eigenvalue weighted by molar-refractivity contribution is -0.137. The zero-order valence-corrected chi connectivity index (χ0v) is 12.3. The molecule has 1 aromatic heterocycles. The summed E-state index contributed by atoms with van der Waals surface area (Å²) in [4.78, 5) is 4.41. The zero-order valence-electron chi connectivity index (χ0n) is 10.7. The van der Waals surface area contributed by atoms with Gasteiger partial charge in [0.05, 0.1) is 16.3 Å². The number of aromatic nitrogens is 1. The molecule has 2 nitrogen and oxygen atoms in total. The predicted octanol–water partition coefficient (Wildman–Crippen LogP) is 4.01. The highest BCUT2D eigenvalue weighted by Crippen LogP contribution is 2.31. The van der Waals surface area contributed by atoms with Crippen molar-refractivity contribution >= 4 is 23.7 Å². The fourth-order valence-corrected chi connectivity index (χ4v) is 2.43. The Bertz CT molecular complexity index is 537. The summed E-state index contributed by atoms with van der Waals surface area (Å²) in [5, 5.41) is 5.88. The van der Waals surface area contributed by atoms with Crippen LogP contribution in [0, 0.1) is 0 Å². The van der Waals surface area contributed by atoms with E-state index < -0.39 is 11.7 Å². The molecule has 0 spiro atoms. The quantitative estimate of drug-likeness (QED) is 0.920. The van der Waals surface area contributed by atoms with E-state index in [0.29, 0.717) is 5.56 Å². The molecule has 0 bridgehead atoms. The molecule has 0 aliphatic carbocycles. The summed E-state index contributed by atoms with van der Waals surface area (Å²) in [5.74, 6) is 0. The van der Waals surface area contributed by atoms with Crippen molar-refractivity contribution in [1.29, 1.82) is 0 Å². The van der Waals surface area contributed by atoms with Gasteiger partial charge >= 0.3 is 6.18 Å². The van der Waals surface area contributed by atoms with Crippen LogP contribution in [0.1, 0.15) is 10.6 Å². The monoisotopic (exact) mass is 322 g/mol. The van der Waals surface area contributed by atoms with E-state index in [1.807, 2.05) is 12.4 Å². The minimum absolute atomic E-state index is 0. The van der Waals surface area contributed by atoms with E-state index in [1.54, 1.807) is 0 Å². The molecule has 0 radical (unpaired) electrons. The number of benzene rings is 1. The lowest BCUT2D eigenvalue weighted by Gasteiger charge is -2.06. The normalized spacial score (nSPS) is 11.2. The topological polar surface area (TPSA) is 24.9 Å². The molecular weight excluding hydrogens is 309 g/mol. The fourth-order valence-electron chi connectivity index (χ4n) is 1.62. The number of halogens is 4. The van der Waals surface area contributed by atoms with Gasteiger partial charge in [0.1, 0.15) is 0 Å². The molecule has 7 heteroatoms. The molecule has 0 aliphatic heterocycles. The molecule has 2 aromatic rings. The highest BCUT2D eigenvalue weighted by atomic mass is 35.5. The van der Waals surface area contributed by atoms with Crippen molar-refractivity contribution in [3.63, 3.8) is 0 Å². The van der Waals surface area contributed by atoms with E-state index in [0.717, 1.165) is 35.8 Å². The molecule has 0 saturated carbocycles. The summed E-state index contributed by atoms with van der Waals surface area (Å²) in [6.07, 6.45) is -3.47. The van der Waals surface area contributed by atoms with Crippen LogP contribution in [0.4, 0.5) is 13.2 Å². The third-order valence-corrected chi connectivity index (χ3v) is 3.56. The first-order valence-electron chi connectivity index (χ1n) is 5.77. The second kappa shape index (κ2) is 7.06. The standard InChI is InChI=1S/C13H13F3N2S.ClH/c1-17-7-6-12-18-11(8-19-12)9-2-4-10(5-3-9)13(14,15)16;/h2-5,8,17H,6-7H2,1H3;1H. The van der Waals surface area contributed by atoms with Crippen molar-refractivity contribution in [2.45, 2.75) is 12.6 Å². The zero-order chi connectivity index (χ0) is 13.9.